The summed E-state index contributed by atoms with van der Waals surface area (Å²) in [5.74, 6) is 1.39. The fraction of sp³-hybridized carbons (Fsp3) is 0.333. The smallest absolute Gasteiger partial charge is 0.173 e. The van der Waals surface area contributed by atoms with E-state index in [1.165, 1.54) is 0 Å². The molecule has 1 N–H and O–H groups in total. The van der Waals surface area contributed by atoms with Crippen LogP contribution in [0.1, 0.15) is 18.2 Å². The normalized spacial score (nSPS) is 20.7. The SMILES string of the molecule is Cn1nccc1[C@H]1OCC[C@@H]1Nc1cncc(-n2cccn2)n1. The molecule has 1 fully saturated rings. The Morgan fingerprint density at radius 2 is 2.22 bits per heavy atom. The minimum Gasteiger partial charge on any atom is -0.370 e. The van der Waals surface area contributed by atoms with Gasteiger partial charge in [0, 0.05) is 32.2 Å². The number of anilines is 1. The van der Waals surface area contributed by atoms with E-state index in [-0.39, 0.29) is 12.1 Å². The van der Waals surface area contributed by atoms with Gasteiger partial charge in [-0.05, 0) is 18.6 Å². The number of rotatable bonds is 4. The topological polar surface area (TPSA) is 82.7 Å². The van der Waals surface area contributed by atoms with E-state index >= 15 is 0 Å². The fourth-order valence-electron chi connectivity index (χ4n) is 2.82. The molecule has 4 heterocycles. The van der Waals surface area contributed by atoms with Crippen LogP contribution < -0.4 is 5.32 Å². The summed E-state index contributed by atoms with van der Waals surface area (Å²) in [6.07, 6.45) is 9.59. The van der Waals surface area contributed by atoms with Gasteiger partial charge in [-0.15, -0.1) is 0 Å². The van der Waals surface area contributed by atoms with Crippen molar-refractivity contribution < 1.29 is 4.74 Å². The molecule has 0 aliphatic carbocycles. The lowest BCUT2D eigenvalue weighted by atomic mass is 10.1. The zero-order valence-electron chi connectivity index (χ0n) is 12.7. The average Bonchev–Trinajstić information content (AvgIpc) is 3.29. The second-order valence-electron chi connectivity index (χ2n) is 5.42. The van der Waals surface area contributed by atoms with E-state index in [2.05, 4.69) is 25.5 Å². The van der Waals surface area contributed by atoms with Gasteiger partial charge in [0.1, 0.15) is 11.9 Å². The maximum atomic E-state index is 5.88. The fourth-order valence-corrected chi connectivity index (χ4v) is 2.82. The Balaban J connectivity index is 1.56. The third kappa shape index (κ3) is 2.68. The largest absolute Gasteiger partial charge is 0.370 e. The monoisotopic (exact) mass is 311 g/mol. The highest BCUT2D eigenvalue weighted by Crippen LogP contribution is 2.30. The minimum absolute atomic E-state index is 0.0438. The third-order valence-corrected chi connectivity index (χ3v) is 3.94. The molecule has 0 aromatic carbocycles. The van der Waals surface area contributed by atoms with Crippen LogP contribution in [-0.4, -0.2) is 42.2 Å². The van der Waals surface area contributed by atoms with Crippen molar-refractivity contribution in [1.82, 2.24) is 29.5 Å². The minimum atomic E-state index is -0.0438. The molecule has 0 amide bonds. The second-order valence-corrected chi connectivity index (χ2v) is 5.42. The number of hydrogen-bond donors (Lipinski definition) is 1. The molecule has 1 aliphatic rings. The van der Waals surface area contributed by atoms with Crippen molar-refractivity contribution in [1.29, 1.82) is 0 Å². The zero-order valence-corrected chi connectivity index (χ0v) is 12.7. The van der Waals surface area contributed by atoms with Crippen molar-refractivity contribution >= 4 is 5.82 Å². The van der Waals surface area contributed by atoms with E-state index in [1.807, 2.05) is 30.1 Å². The van der Waals surface area contributed by atoms with Crippen LogP contribution in [-0.2, 0) is 11.8 Å². The van der Waals surface area contributed by atoms with Gasteiger partial charge in [0.05, 0.1) is 24.1 Å². The number of ether oxygens (including phenoxy) is 1. The molecule has 4 rings (SSSR count). The lowest BCUT2D eigenvalue weighted by Gasteiger charge is -2.20. The molecular weight excluding hydrogens is 294 g/mol. The first-order valence-corrected chi connectivity index (χ1v) is 7.49. The van der Waals surface area contributed by atoms with Gasteiger partial charge >= 0.3 is 0 Å². The second kappa shape index (κ2) is 5.81. The highest BCUT2D eigenvalue weighted by molar-refractivity contribution is 5.38. The number of nitrogens with one attached hydrogen (secondary N) is 1. The molecular formula is C15H17N7O. The molecule has 23 heavy (non-hydrogen) atoms. The Labute approximate surface area is 133 Å². The first kappa shape index (κ1) is 13.9. The Morgan fingerprint density at radius 3 is 3.00 bits per heavy atom. The van der Waals surface area contributed by atoms with Crippen LogP contribution in [0.3, 0.4) is 0 Å². The molecule has 118 valence electrons. The lowest BCUT2D eigenvalue weighted by molar-refractivity contribution is 0.101. The predicted octanol–water partition coefficient (Wildman–Crippen LogP) is 1.34. The van der Waals surface area contributed by atoms with Crippen LogP contribution in [0.4, 0.5) is 5.82 Å². The van der Waals surface area contributed by atoms with E-state index in [0.717, 1.165) is 12.1 Å². The molecule has 0 spiro atoms. The van der Waals surface area contributed by atoms with Gasteiger partial charge < -0.3 is 10.1 Å². The molecule has 3 aromatic rings. The van der Waals surface area contributed by atoms with E-state index in [4.69, 9.17) is 4.74 Å². The van der Waals surface area contributed by atoms with Gasteiger partial charge in [-0.25, -0.2) is 9.67 Å². The Kier molecular flexibility index (Phi) is 3.51. The predicted molar refractivity (Wildman–Crippen MR) is 83.1 cm³/mol. The summed E-state index contributed by atoms with van der Waals surface area (Å²) in [6.45, 7) is 0.708. The number of aromatic nitrogens is 6. The quantitative estimate of drug-likeness (QED) is 0.783. The van der Waals surface area contributed by atoms with Crippen molar-refractivity contribution in [3.63, 3.8) is 0 Å². The molecule has 0 unspecified atom stereocenters. The van der Waals surface area contributed by atoms with Crippen LogP contribution in [0, 0.1) is 0 Å². The third-order valence-electron chi connectivity index (χ3n) is 3.94. The van der Waals surface area contributed by atoms with E-state index in [9.17, 15) is 0 Å². The zero-order chi connectivity index (χ0) is 15.6. The summed E-state index contributed by atoms with van der Waals surface area (Å²) >= 11 is 0. The van der Waals surface area contributed by atoms with Crippen LogP contribution in [0.5, 0.6) is 0 Å². The number of hydrogen-bond acceptors (Lipinski definition) is 6. The van der Waals surface area contributed by atoms with Gasteiger partial charge in [-0.3, -0.25) is 9.67 Å². The maximum absolute atomic E-state index is 5.88. The average molecular weight is 311 g/mol. The van der Waals surface area contributed by atoms with Gasteiger partial charge in [0.2, 0.25) is 0 Å². The molecule has 8 heteroatoms. The van der Waals surface area contributed by atoms with Gasteiger partial charge in [-0.1, -0.05) is 0 Å². The van der Waals surface area contributed by atoms with Gasteiger partial charge in [0.25, 0.3) is 0 Å². The molecule has 0 radical (unpaired) electrons. The summed E-state index contributed by atoms with van der Waals surface area (Å²) in [5, 5.41) is 11.8. The molecule has 8 nitrogen and oxygen atoms in total. The van der Waals surface area contributed by atoms with Crippen molar-refractivity contribution in [3.05, 3.63) is 48.8 Å². The Morgan fingerprint density at radius 1 is 1.26 bits per heavy atom. The van der Waals surface area contributed by atoms with E-state index in [0.29, 0.717) is 18.2 Å². The Bertz CT molecular complexity index is 783. The summed E-state index contributed by atoms with van der Waals surface area (Å²) in [6, 6.07) is 3.97. The summed E-state index contributed by atoms with van der Waals surface area (Å²) < 4.78 is 9.40. The van der Waals surface area contributed by atoms with E-state index < -0.39 is 0 Å². The van der Waals surface area contributed by atoms with Crippen molar-refractivity contribution in [2.45, 2.75) is 18.6 Å². The van der Waals surface area contributed by atoms with Crippen molar-refractivity contribution in [3.8, 4) is 5.82 Å². The molecule has 1 aliphatic heterocycles. The van der Waals surface area contributed by atoms with Gasteiger partial charge in [-0.2, -0.15) is 10.2 Å². The summed E-state index contributed by atoms with van der Waals surface area (Å²) in [5.41, 5.74) is 1.05. The summed E-state index contributed by atoms with van der Waals surface area (Å²) in [7, 11) is 1.92. The molecule has 0 saturated carbocycles. The van der Waals surface area contributed by atoms with Crippen molar-refractivity contribution in [2.24, 2.45) is 7.05 Å². The molecule has 1 saturated heterocycles. The standard InChI is InChI=1S/C15H17N7O/c1-21-12(3-6-17-21)15-11(4-8-23-15)19-13-9-16-10-14(20-13)22-7-2-5-18-22/h2-3,5-7,9-11,15H,4,8H2,1H3,(H,19,20)/t11-,15-/m0/s1. The first-order chi connectivity index (χ1) is 11.3. The number of aryl methyl sites for hydroxylation is 1. The van der Waals surface area contributed by atoms with Crippen LogP contribution >= 0.6 is 0 Å². The molecule has 3 aromatic heterocycles. The highest BCUT2D eigenvalue weighted by Gasteiger charge is 2.31. The van der Waals surface area contributed by atoms with E-state index in [1.54, 1.807) is 29.5 Å². The maximum Gasteiger partial charge on any atom is 0.173 e. The molecule has 0 bridgehead atoms. The Hall–Kier alpha value is -2.74. The number of nitrogens with zero attached hydrogens (tertiary/aromatic N) is 6. The lowest BCUT2D eigenvalue weighted by Crippen LogP contribution is -2.25. The van der Waals surface area contributed by atoms with Crippen molar-refractivity contribution in [2.75, 3.05) is 11.9 Å². The first-order valence-electron chi connectivity index (χ1n) is 7.49. The highest BCUT2D eigenvalue weighted by atomic mass is 16.5. The van der Waals surface area contributed by atoms with Crippen LogP contribution in [0.15, 0.2) is 43.1 Å². The van der Waals surface area contributed by atoms with Crippen LogP contribution in [0.2, 0.25) is 0 Å². The molecule has 2 atom stereocenters. The van der Waals surface area contributed by atoms with Gasteiger partial charge in [0.15, 0.2) is 5.82 Å². The van der Waals surface area contributed by atoms with Crippen LogP contribution in [0.25, 0.3) is 5.82 Å². The summed E-state index contributed by atoms with van der Waals surface area (Å²) in [4.78, 5) is 8.81.